The third-order valence-electron chi connectivity index (χ3n) is 5.40. The van der Waals surface area contributed by atoms with Gasteiger partial charge in [-0.2, -0.15) is 0 Å². The topological polar surface area (TPSA) is 71.5 Å². The Kier molecular flexibility index (Phi) is 4.49. The molecule has 4 rings (SSSR count). The van der Waals surface area contributed by atoms with Crippen LogP contribution >= 0.6 is 0 Å². The zero-order valence-electron chi connectivity index (χ0n) is 14.4. The van der Waals surface area contributed by atoms with Gasteiger partial charge in [0, 0.05) is 24.2 Å². The number of carbonyl (C=O) groups excluding carboxylic acids is 1. The second kappa shape index (κ2) is 6.92. The van der Waals surface area contributed by atoms with Gasteiger partial charge in [0.1, 0.15) is 5.76 Å². The van der Waals surface area contributed by atoms with E-state index in [1.54, 1.807) is 6.26 Å². The minimum Gasteiger partial charge on any atom is -0.469 e. The van der Waals surface area contributed by atoms with Crippen LogP contribution in [0.5, 0.6) is 0 Å². The number of nitrogens with one attached hydrogen (secondary N) is 1. The van der Waals surface area contributed by atoms with E-state index in [0.717, 1.165) is 56.6 Å². The van der Waals surface area contributed by atoms with Gasteiger partial charge in [0.15, 0.2) is 0 Å². The summed E-state index contributed by atoms with van der Waals surface area (Å²) in [6.45, 7) is 1.71. The summed E-state index contributed by atoms with van der Waals surface area (Å²) in [4.78, 5) is 13.8. The predicted molar refractivity (Wildman–Crippen MR) is 97.1 cm³/mol. The second-order valence-corrected chi connectivity index (χ2v) is 7.12. The molecule has 5 nitrogen and oxygen atoms in total. The van der Waals surface area contributed by atoms with Crippen LogP contribution in [0.15, 0.2) is 41.0 Å². The molecule has 2 heterocycles. The number of amides is 1. The minimum absolute atomic E-state index is 0.122. The molecule has 5 heteroatoms. The Hall–Kier alpha value is -2.27. The van der Waals surface area contributed by atoms with Crippen molar-refractivity contribution < 1.29 is 9.21 Å². The number of likely N-dealkylation sites (tertiary alicyclic amines) is 1. The van der Waals surface area contributed by atoms with Crippen molar-refractivity contribution in [3.05, 3.63) is 53.5 Å². The first-order chi connectivity index (χ1) is 12.2. The Bertz CT molecular complexity index is 755. The summed E-state index contributed by atoms with van der Waals surface area (Å²) in [5, 5.41) is 3.65. The maximum absolute atomic E-state index is 11.6. The zero-order chi connectivity index (χ0) is 17.2. The predicted octanol–water partition coefficient (Wildman–Crippen LogP) is 3.22. The Balaban J connectivity index is 1.46. The summed E-state index contributed by atoms with van der Waals surface area (Å²) >= 11 is 0. The van der Waals surface area contributed by atoms with E-state index in [4.69, 9.17) is 10.2 Å². The summed E-state index contributed by atoms with van der Waals surface area (Å²) in [6.07, 6.45) is 7.00. The van der Waals surface area contributed by atoms with E-state index >= 15 is 0 Å². The van der Waals surface area contributed by atoms with Crippen molar-refractivity contribution in [2.45, 2.75) is 50.7 Å². The van der Waals surface area contributed by atoms with Crippen molar-refractivity contribution in [1.82, 2.24) is 4.90 Å². The number of benzene rings is 1. The van der Waals surface area contributed by atoms with Gasteiger partial charge in [-0.25, -0.2) is 0 Å². The molecule has 0 unspecified atom stereocenters. The summed E-state index contributed by atoms with van der Waals surface area (Å²) < 4.78 is 5.58. The van der Waals surface area contributed by atoms with Crippen LogP contribution in [0.25, 0.3) is 0 Å². The highest BCUT2D eigenvalue weighted by molar-refractivity contribution is 5.80. The largest absolute Gasteiger partial charge is 0.469 e. The zero-order valence-corrected chi connectivity index (χ0v) is 14.4. The molecule has 1 fully saturated rings. The van der Waals surface area contributed by atoms with Crippen LogP contribution in [-0.2, 0) is 17.8 Å². The molecule has 3 N–H and O–H groups in total. The van der Waals surface area contributed by atoms with Gasteiger partial charge in [-0.1, -0.05) is 12.1 Å². The fourth-order valence-corrected chi connectivity index (χ4v) is 4.17. The van der Waals surface area contributed by atoms with Gasteiger partial charge >= 0.3 is 0 Å². The molecule has 1 aliphatic heterocycles. The molecule has 0 saturated carbocycles. The molecule has 1 aromatic heterocycles. The Morgan fingerprint density at radius 3 is 3.08 bits per heavy atom. The third kappa shape index (κ3) is 3.42. The van der Waals surface area contributed by atoms with Crippen molar-refractivity contribution in [3.8, 4) is 0 Å². The van der Waals surface area contributed by atoms with Gasteiger partial charge in [0.2, 0.25) is 5.91 Å². The molecule has 1 aliphatic carbocycles. The van der Waals surface area contributed by atoms with Gasteiger partial charge in [-0.15, -0.1) is 0 Å². The third-order valence-corrected chi connectivity index (χ3v) is 5.40. The molecular weight excluding hydrogens is 314 g/mol. The fourth-order valence-electron chi connectivity index (χ4n) is 4.17. The van der Waals surface area contributed by atoms with Crippen molar-refractivity contribution >= 4 is 11.6 Å². The van der Waals surface area contributed by atoms with E-state index in [-0.39, 0.29) is 11.9 Å². The van der Waals surface area contributed by atoms with Gasteiger partial charge < -0.3 is 15.5 Å². The number of fused-ring (bicyclic) bond motifs is 1. The first-order valence-electron chi connectivity index (χ1n) is 9.16. The molecule has 2 atom stereocenters. The first kappa shape index (κ1) is 16.2. The molecule has 0 spiro atoms. The standard InChI is InChI=1S/C20H25N3O2/c21-20(24)18-7-3-10-23(18)13-14-4-1-5-15(12-14)22-17-6-2-8-19-16(17)9-11-25-19/h1,4-5,9,11-12,17-18,22H,2-3,6-8,10,13H2,(H2,21,24)/t17-,18+/m0/s1. The van der Waals surface area contributed by atoms with Gasteiger partial charge in [-0.05, 0) is 56.0 Å². The van der Waals surface area contributed by atoms with Crippen LogP contribution in [0.4, 0.5) is 5.69 Å². The highest BCUT2D eigenvalue weighted by Gasteiger charge is 2.29. The lowest BCUT2D eigenvalue weighted by Gasteiger charge is -2.25. The van der Waals surface area contributed by atoms with E-state index in [1.807, 2.05) is 0 Å². The summed E-state index contributed by atoms with van der Waals surface area (Å²) in [5.74, 6) is 0.905. The second-order valence-electron chi connectivity index (χ2n) is 7.12. The fraction of sp³-hybridized carbons (Fsp3) is 0.450. The first-order valence-corrected chi connectivity index (χ1v) is 9.16. The van der Waals surface area contributed by atoms with Gasteiger partial charge in [-0.3, -0.25) is 9.69 Å². The number of furan rings is 1. The average molecular weight is 339 g/mol. The molecule has 2 aliphatic rings. The number of nitrogens with zero attached hydrogens (tertiary/aromatic N) is 1. The monoisotopic (exact) mass is 339 g/mol. The van der Waals surface area contributed by atoms with Crippen LogP contribution < -0.4 is 11.1 Å². The quantitative estimate of drug-likeness (QED) is 0.877. The molecule has 0 bridgehead atoms. The minimum atomic E-state index is -0.207. The number of nitrogens with two attached hydrogens (primary N) is 1. The number of hydrogen-bond acceptors (Lipinski definition) is 4. The maximum Gasteiger partial charge on any atom is 0.234 e. The van der Waals surface area contributed by atoms with Crippen LogP contribution in [0.2, 0.25) is 0 Å². The van der Waals surface area contributed by atoms with Crippen LogP contribution in [0.3, 0.4) is 0 Å². The number of primary amides is 1. The summed E-state index contributed by atoms with van der Waals surface area (Å²) in [7, 11) is 0. The molecule has 1 saturated heterocycles. The Labute approximate surface area is 148 Å². The van der Waals surface area contributed by atoms with Crippen molar-refractivity contribution in [3.63, 3.8) is 0 Å². The molecular formula is C20H25N3O2. The Morgan fingerprint density at radius 1 is 1.28 bits per heavy atom. The van der Waals surface area contributed by atoms with E-state index in [9.17, 15) is 4.79 Å². The van der Waals surface area contributed by atoms with E-state index in [0.29, 0.717) is 6.04 Å². The highest BCUT2D eigenvalue weighted by atomic mass is 16.3. The molecule has 132 valence electrons. The molecule has 1 aromatic carbocycles. The van der Waals surface area contributed by atoms with Crippen LogP contribution in [-0.4, -0.2) is 23.4 Å². The number of rotatable bonds is 5. The maximum atomic E-state index is 11.6. The Morgan fingerprint density at radius 2 is 2.20 bits per heavy atom. The number of hydrogen-bond donors (Lipinski definition) is 2. The lowest BCUT2D eigenvalue weighted by molar-refractivity contribution is -0.122. The molecule has 0 radical (unpaired) electrons. The summed E-state index contributed by atoms with van der Waals surface area (Å²) in [5.41, 5.74) is 9.14. The number of anilines is 1. The van der Waals surface area contributed by atoms with Crippen molar-refractivity contribution in [2.24, 2.45) is 5.73 Å². The van der Waals surface area contributed by atoms with Crippen LogP contribution in [0.1, 0.15) is 48.6 Å². The van der Waals surface area contributed by atoms with Gasteiger partial charge in [0.05, 0.1) is 18.3 Å². The van der Waals surface area contributed by atoms with E-state index in [1.165, 1.54) is 11.1 Å². The molecule has 1 amide bonds. The lowest BCUT2D eigenvalue weighted by atomic mass is 9.93. The highest BCUT2D eigenvalue weighted by Crippen LogP contribution is 2.33. The summed E-state index contributed by atoms with van der Waals surface area (Å²) in [6, 6.07) is 10.7. The normalized spacial score (nSPS) is 23.4. The molecule has 25 heavy (non-hydrogen) atoms. The van der Waals surface area contributed by atoms with Crippen molar-refractivity contribution in [1.29, 1.82) is 0 Å². The number of aryl methyl sites for hydroxylation is 1. The molecule has 2 aromatic rings. The van der Waals surface area contributed by atoms with E-state index < -0.39 is 0 Å². The van der Waals surface area contributed by atoms with Gasteiger partial charge in [0.25, 0.3) is 0 Å². The number of carbonyl (C=O) groups is 1. The average Bonchev–Trinajstić information content (AvgIpc) is 3.24. The lowest BCUT2D eigenvalue weighted by Crippen LogP contribution is -2.39. The van der Waals surface area contributed by atoms with Crippen molar-refractivity contribution in [2.75, 3.05) is 11.9 Å². The smallest absolute Gasteiger partial charge is 0.234 e. The van der Waals surface area contributed by atoms with Crippen LogP contribution in [0, 0.1) is 0 Å². The SMILES string of the molecule is NC(=O)[C@H]1CCCN1Cc1cccc(N[C@H]2CCCc3occc32)c1. The van der Waals surface area contributed by atoms with E-state index in [2.05, 4.69) is 40.5 Å².